The molecule has 0 spiro atoms. The zero-order valence-corrected chi connectivity index (χ0v) is 23.4. The van der Waals surface area contributed by atoms with Gasteiger partial charge in [-0.05, 0) is 64.3 Å². The van der Waals surface area contributed by atoms with Crippen molar-refractivity contribution >= 4 is 28.6 Å². The number of pyridine rings is 1. The third kappa shape index (κ3) is 7.54. The summed E-state index contributed by atoms with van der Waals surface area (Å²) in [6, 6.07) is 3.60. The fourth-order valence-corrected chi connectivity index (χ4v) is 5.46. The maximum atomic E-state index is 15.5. The first-order chi connectivity index (χ1) is 19.3. The monoisotopic (exact) mass is 606 g/mol. The SMILES string of the molecule is CC(C)(C)OC(=O)N1CCC(F)(CC(=O)N[C@@H]2C[C@H](C(F)(F)F)CN(c3ccc(C(F)(F)F)c4ncccc34)C2)CC1. The van der Waals surface area contributed by atoms with E-state index in [1.165, 1.54) is 28.1 Å². The molecular formula is C28H33F7N4O3. The Morgan fingerprint density at radius 3 is 2.31 bits per heavy atom. The normalized spacial score (nSPS) is 21.8. The Labute approximate surface area is 238 Å². The summed E-state index contributed by atoms with van der Waals surface area (Å²) in [5.74, 6) is -2.67. The molecule has 2 aliphatic heterocycles. The number of benzene rings is 1. The highest BCUT2D eigenvalue weighted by atomic mass is 19.4. The Hall–Kier alpha value is -3.32. The predicted molar refractivity (Wildman–Crippen MR) is 141 cm³/mol. The number of hydrogen-bond acceptors (Lipinski definition) is 5. The van der Waals surface area contributed by atoms with Gasteiger partial charge < -0.3 is 19.9 Å². The van der Waals surface area contributed by atoms with E-state index in [0.717, 1.165) is 12.1 Å². The van der Waals surface area contributed by atoms with Crippen molar-refractivity contribution < 1.29 is 45.1 Å². The first-order valence-electron chi connectivity index (χ1n) is 13.6. The lowest BCUT2D eigenvalue weighted by molar-refractivity contribution is -0.178. The summed E-state index contributed by atoms with van der Waals surface area (Å²) in [5.41, 5.74) is -3.98. The molecule has 0 saturated carbocycles. The number of likely N-dealkylation sites (tertiary alicyclic amines) is 1. The molecule has 0 radical (unpaired) electrons. The Morgan fingerprint density at radius 2 is 1.71 bits per heavy atom. The number of rotatable bonds is 4. The van der Waals surface area contributed by atoms with Gasteiger partial charge in [0, 0.05) is 49.5 Å². The van der Waals surface area contributed by atoms with Crippen molar-refractivity contribution in [2.75, 3.05) is 31.1 Å². The van der Waals surface area contributed by atoms with Crippen molar-refractivity contribution in [1.82, 2.24) is 15.2 Å². The van der Waals surface area contributed by atoms with Gasteiger partial charge >= 0.3 is 18.4 Å². The fraction of sp³-hybridized carbons (Fsp3) is 0.607. The van der Waals surface area contributed by atoms with Gasteiger partial charge in [-0.3, -0.25) is 9.78 Å². The molecule has 1 N–H and O–H groups in total. The second-order valence-corrected chi connectivity index (χ2v) is 12.0. The van der Waals surface area contributed by atoms with Crippen molar-refractivity contribution in [2.24, 2.45) is 5.92 Å². The largest absolute Gasteiger partial charge is 0.444 e. The van der Waals surface area contributed by atoms with Crippen LogP contribution in [0.5, 0.6) is 0 Å². The molecule has 232 valence electrons. The number of aromatic nitrogens is 1. The van der Waals surface area contributed by atoms with Crippen LogP contribution in [0.25, 0.3) is 10.9 Å². The minimum absolute atomic E-state index is 0.0150. The first-order valence-corrected chi connectivity index (χ1v) is 13.6. The van der Waals surface area contributed by atoms with Crippen LogP contribution in [0, 0.1) is 5.92 Å². The summed E-state index contributed by atoms with van der Waals surface area (Å²) in [4.78, 5) is 31.6. The van der Waals surface area contributed by atoms with E-state index < -0.39 is 78.0 Å². The number of fused-ring (bicyclic) bond motifs is 1. The van der Waals surface area contributed by atoms with Crippen LogP contribution in [0.1, 0.15) is 52.0 Å². The van der Waals surface area contributed by atoms with E-state index in [0.29, 0.717) is 0 Å². The van der Waals surface area contributed by atoms with Gasteiger partial charge in [-0.15, -0.1) is 0 Å². The lowest BCUT2D eigenvalue weighted by atomic mass is 9.89. The van der Waals surface area contributed by atoms with E-state index in [-0.39, 0.29) is 43.5 Å². The van der Waals surface area contributed by atoms with Crippen molar-refractivity contribution in [2.45, 2.75) is 76.1 Å². The van der Waals surface area contributed by atoms with E-state index >= 15 is 4.39 Å². The number of alkyl halides is 7. The van der Waals surface area contributed by atoms with Crippen LogP contribution in [0.3, 0.4) is 0 Å². The molecule has 0 aliphatic carbocycles. The summed E-state index contributed by atoms with van der Waals surface area (Å²) >= 11 is 0. The maximum absolute atomic E-state index is 15.5. The average molecular weight is 607 g/mol. The summed E-state index contributed by atoms with van der Waals surface area (Å²) in [6.07, 6.45) is -10.1. The van der Waals surface area contributed by atoms with Gasteiger partial charge in [0.1, 0.15) is 11.3 Å². The third-order valence-electron chi connectivity index (χ3n) is 7.46. The van der Waals surface area contributed by atoms with E-state index in [1.807, 2.05) is 0 Å². The Balaban J connectivity index is 1.48. The summed E-state index contributed by atoms with van der Waals surface area (Å²) in [6.45, 7) is 4.47. The summed E-state index contributed by atoms with van der Waals surface area (Å²) in [7, 11) is 0. The number of carbonyl (C=O) groups is 2. The molecule has 2 fully saturated rings. The molecule has 7 nitrogen and oxygen atoms in total. The molecule has 2 saturated heterocycles. The molecule has 2 aromatic rings. The fourth-order valence-electron chi connectivity index (χ4n) is 5.46. The van der Waals surface area contributed by atoms with Crippen LogP contribution in [0.4, 0.5) is 41.2 Å². The zero-order chi connectivity index (χ0) is 31.1. The average Bonchev–Trinajstić information content (AvgIpc) is 2.85. The van der Waals surface area contributed by atoms with Gasteiger partial charge in [-0.25, -0.2) is 9.18 Å². The molecule has 0 unspecified atom stereocenters. The number of halogens is 7. The second kappa shape index (κ2) is 11.4. The summed E-state index contributed by atoms with van der Waals surface area (Å²) < 4.78 is 103. The maximum Gasteiger partial charge on any atom is 0.418 e. The molecule has 1 aromatic heterocycles. The van der Waals surface area contributed by atoms with Crippen molar-refractivity contribution in [3.05, 3.63) is 36.0 Å². The number of carbonyl (C=O) groups excluding carboxylic acids is 2. The zero-order valence-electron chi connectivity index (χ0n) is 23.4. The highest BCUT2D eigenvalue weighted by Gasteiger charge is 2.46. The number of amides is 2. The van der Waals surface area contributed by atoms with E-state index in [9.17, 15) is 35.9 Å². The van der Waals surface area contributed by atoms with Gasteiger partial charge in [0.25, 0.3) is 0 Å². The van der Waals surface area contributed by atoms with Crippen molar-refractivity contribution in [3.8, 4) is 0 Å². The van der Waals surface area contributed by atoms with Gasteiger partial charge in [0.2, 0.25) is 5.91 Å². The van der Waals surface area contributed by atoms with Crippen molar-refractivity contribution in [1.29, 1.82) is 0 Å². The smallest absolute Gasteiger partial charge is 0.418 e. The number of nitrogens with zero attached hydrogens (tertiary/aromatic N) is 3. The number of hydrogen-bond donors (Lipinski definition) is 1. The molecule has 0 bridgehead atoms. The molecule has 1 aromatic carbocycles. The molecular weight excluding hydrogens is 573 g/mol. The van der Waals surface area contributed by atoms with E-state index in [2.05, 4.69) is 10.3 Å². The summed E-state index contributed by atoms with van der Waals surface area (Å²) in [5, 5.41) is 2.55. The topological polar surface area (TPSA) is 74.8 Å². The lowest BCUT2D eigenvalue weighted by Gasteiger charge is -2.41. The Kier molecular flexibility index (Phi) is 8.58. The Bertz CT molecular complexity index is 1300. The van der Waals surface area contributed by atoms with Crippen LogP contribution in [0.2, 0.25) is 0 Å². The number of piperidine rings is 2. The van der Waals surface area contributed by atoms with Gasteiger partial charge in [0.15, 0.2) is 0 Å². The van der Waals surface area contributed by atoms with Crippen LogP contribution < -0.4 is 10.2 Å². The highest BCUT2D eigenvalue weighted by molar-refractivity contribution is 5.94. The number of ether oxygens (including phenoxy) is 1. The molecule has 2 atom stereocenters. The van der Waals surface area contributed by atoms with E-state index in [1.54, 1.807) is 20.8 Å². The molecule has 4 rings (SSSR count). The Morgan fingerprint density at radius 1 is 1.05 bits per heavy atom. The predicted octanol–water partition coefficient (Wildman–Crippen LogP) is 6.26. The molecule has 2 aliphatic rings. The van der Waals surface area contributed by atoms with E-state index in [4.69, 9.17) is 4.74 Å². The standard InChI is InChI=1S/C28H33F7N4O3/c1-25(2,3)42-24(41)38-11-8-26(29,9-12-38)14-22(40)37-18-13-17(27(30,31)32)15-39(16-18)21-7-6-20(28(33,34)35)23-19(21)5-4-10-36-23/h4-7,10,17-18H,8-9,11-16H2,1-3H3,(H,37,40)/t17-,18+/m0/s1. The van der Waals surface area contributed by atoms with Gasteiger partial charge in [-0.2, -0.15) is 26.3 Å². The molecule has 42 heavy (non-hydrogen) atoms. The van der Waals surface area contributed by atoms with Crippen molar-refractivity contribution in [3.63, 3.8) is 0 Å². The van der Waals surface area contributed by atoms with Crippen LogP contribution in [-0.2, 0) is 15.7 Å². The third-order valence-corrected chi connectivity index (χ3v) is 7.46. The minimum Gasteiger partial charge on any atom is -0.444 e. The minimum atomic E-state index is -4.72. The second-order valence-electron chi connectivity index (χ2n) is 12.0. The lowest BCUT2D eigenvalue weighted by Crippen LogP contribution is -2.55. The molecule has 14 heteroatoms. The quantitative estimate of drug-likeness (QED) is 0.417. The van der Waals surface area contributed by atoms with Crippen LogP contribution in [0.15, 0.2) is 30.5 Å². The number of nitrogens with one attached hydrogen (secondary N) is 1. The van der Waals surface area contributed by atoms with Crippen LogP contribution >= 0.6 is 0 Å². The molecule has 2 amide bonds. The number of anilines is 1. The molecule has 3 heterocycles. The van der Waals surface area contributed by atoms with Gasteiger partial charge in [-0.1, -0.05) is 0 Å². The van der Waals surface area contributed by atoms with Crippen LogP contribution in [-0.4, -0.2) is 71.6 Å². The first kappa shape index (κ1) is 31.6. The van der Waals surface area contributed by atoms with Gasteiger partial charge in [0.05, 0.1) is 23.4 Å². The highest BCUT2D eigenvalue weighted by Crippen LogP contribution is 2.41.